The number of thioether (sulfide) groups is 1. The summed E-state index contributed by atoms with van der Waals surface area (Å²) >= 11 is 1.23. The van der Waals surface area contributed by atoms with Crippen LogP contribution in [0.2, 0.25) is 0 Å². The van der Waals surface area contributed by atoms with E-state index in [0.717, 1.165) is 22.2 Å². The number of carbonyl (C=O) groups is 1. The van der Waals surface area contributed by atoms with Gasteiger partial charge in [-0.15, -0.1) is 0 Å². The van der Waals surface area contributed by atoms with E-state index >= 15 is 0 Å². The van der Waals surface area contributed by atoms with Gasteiger partial charge in [-0.2, -0.15) is 0 Å². The summed E-state index contributed by atoms with van der Waals surface area (Å²) in [5, 5.41) is 9.53. The predicted octanol–water partition coefficient (Wildman–Crippen LogP) is 2.99. The third-order valence-corrected chi connectivity index (χ3v) is 4.11. The normalized spacial score (nSPS) is 12.1. The fraction of sp³-hybridized carbons (Fsp3) is 0.333. The fourth-order valence-corrected chi connectivity index (χ4v) is 2.87. The van der Waals surface area contributed by atoms with Crippen molar-refractivity contribution in [1.29, 1.82) is 0 Å². The second kappa shape index (κ2) is 6.67. The number of carboxylic acid groups (broad SMARTS) is 1. The van der Waals surface area contributed by atoms with E-state index in [1.165, 1.54) is 11.8 Å². The smallest absolute Gasteiger partial charge is 0.313 e. The van der Waals surface area contributed by atoms with Crippen LogP contribution in [0.25, 0.3) is 0 Å². The van der Waals surface area contributed by atoms with E-state index in [4.69, 9.17) is 9.84 Å². The SMILES string of the molecule is COc1ccc(C(C)n2cc(C)nc2SCC(=O)O)cc1. The van der Waals surface area contributed by atoms with Crippen molar-refractivity contribution >= 4 is 17.7 Å². The van der Waals surface area contributed by atoms with Gasteiger partial charge in [0.1, 0.15) is 5.75 Å². The van der Waals surface area contributed by atoms with E-state index in [0.29, 0.717) is 0 Å². The van der Waals surface area contributed by atoms with Gasteiger partial charge in [0.15, 0.2) is 5.16 Å². The van der Waals surface area contributed by atoms with E-state index in [1.54, 1.807) is 7.11 Å². The van der Waals surface area contributed by atoms with Gasteiger partial charge < -0.3 is 14.4 Å². The number of aromatic nitrogens is 2. The Morgan fingerprint density at radius 1 is 1.43 bits per heavy atom. The number of rotatable bonds is 6. The molecule has 2 aromatic rings. The zero-order valence-corrected chi connectivity index (χ0v) is 13.1. The lowest BCUT2D eigenvalue weighted by atomic mass is 10.1. The van der Waals surface area contributed by atoms with Gasteiger partial charge in [-0.05, 0) is 31.5 Å². The van der Waals surface area contributed by atoms with Gasteiger partial charge in [0, 0.05) is 6.20 Å². The first-order valence-electron chi connectivity index (χ1n) is 6.55. The first-order valence-corrected chi connectivity index (χ1v) is 7.54. The van der Waals surface area contributed by atoms with Crippen LogP contribution in [-0.2, 0) is 4.79 Å². The molecule has 0 radical (unpaired) electrons. The summed E-state index contributed by atoms with van der Waals surface area (Å²) in [5.41, 5.74) is 1.99. The van der Waals surface area contributed by atoms with Crippen molar-refractivity contribution in [3.05, 3.63) is 41.7 Å². The van der Waals surface area contributed by atoms with Crippen LogP contribution in [0.5, 0.6) is 5.75 Å². The molecule has 0 fully saturated rings. The monoisotopic (exact) mass is 306 g/mol. The summed E-state index contributed by atoms with van der Waals surface area (Å²) in [6.45, 7) is 3.97. The third-order valence-electron chi connectivity index (χ3n) is 3.16. The highest BCUT2D eigenvalue weighted by atomic mass is 32.2. The van der Waals surface area contributed by atoms with Crippen molar-refractivity contribution in [1.82, 2.24) is 9.55 Å². The number of benzene rings is 1. The van der Waals surface area contributed by atoms with Crippen LogP contribution in [0.15, 0.2) is 35.6 Å². The molecule has 6 heteroatoms. The van der Waals surface area contributed by atoms with E-state index in [-0.39, 0.29) is 11.8 Å². The maximum atomic E-state index is 10.7. The quantitative estimate of drug-likeness (QED) is 0.831. The molecule has 5 nitrogen and oxygen atoms in total. The molecule has 0 aliphatic rings. The lowest BCUT2D eigenvalue weighted by molar-refractivity contribution is -0.133. The molecule has 0 aliphatic carbocycles. The van der Waals surface area contributed by atoms with Gasteiger partial charge in [-0.3, -0.25) is 4.79 Å². The van der Waals surface area contributed by atoms with Gasteiger partial charge in [-0.25, -0.2) is 4.98 Å². The van der Waals surface area contributed by atoms with Crippen LogP contribution in [0, 0.1) is 6.92 Å². The number of aryl methyl sites for hydroxylation is 1. The summed E-state index contributed by atoms with van der Waals surface area (Å²) in [5.74, 6) is -0.0243. The van der Waals surface area contributed by atoms with Gasteiger partial charge >= 0.3 is 5.97 Å². The minimum Gasteiger partial charge on any atom is -0.497 e. The summed E-state index contributed by atoms with van der Waals surface area (Å²) in [6.07, 6.45) is 1.94. The highest BCUT2D eigenvalue weighted by Crippen LogP contribution is 2.27. The average molecular weight is 306 g/mol. The van der Waals surface area contributed by atoms with Crippen molar-refractivity contribution in [3.8, 4) is 5.75 Å². The number of aliphatic carboxylic acids is 1. The minimum atomic E-state index is -0.843. The molecule has 1 N–H and O–H groups in total. The summed E-state index contributed by atoms with van der Waals surface area (Å²) < 4.78 is 7.16. The largest absolute Gasteiger partial charge is 0.497 e. The molecule has 1 atom stereocenters. The van der Waals surface area contributed by atoms with Crippen molar-refractivity contribution in [2.75, 3.05) is 12.9 Å². The molecular formula is C15H18N2O3S. The molecule has 0 aliphatic heterocycles. The molecule has 0 bridgehead atoms. The van der Waals surface area contributed by atoms with Crippen LogP contribution in [0.1, 0.15) is 24.2 Å². The molecule has 0 saturated carbocycles. The minimum absolute atomic E-state index is 0.00574. The van der Waals surface area contributed by atoms with Crippen LogP contribution in [0.4, 0.5) is 0 Å². The zero-order chi connectivity index (χ0) is 15.4. The van der Waals surface area contributed by atoms with Crippen molar-refractivity contribution in [2.24, 2.45) is 0 Å². The number of ether oxygens (including phenoxy) is 1. The number of hydrogen-bond donors (Lipinski definition) is 1. The van der Waals surface area contributed by atoms with Gasteiger partial charge in [0.05, 0.1) is 24.6 Å². The Labute approximate surface area is 128 Å². The average Bonchev–Trinajstić information content (AvgIpc) is 2.85. The third kappa shape index (κ3) is 3.78. The fourth-order valence-electron chi connectivity index (χ4n) is 2.05. The Morgan fingerprint density at radius 2 is 2.10 bits per heavy atom. The Bertz CT molecular complexity index is 622. The zero-order valence-electron chi connectivity index (χ0n) is 12.2. The lowest BCUT2D eigenvalue weighted by Crippen LogP contribution is -2.08. The highest BCUT2D eigenvalue weighted by molar-refractivity contribution is 7.99. The number of hydrogen-bond acceptors (Lipinski definition) is 4. The summed E-state index contributed by atoms with van der Waals surface area (Å²) in [6, 6.07) is 7.92. The number of nitrogens with zero attached hydrogens (tertiary/aromatic N) is 2. The number of methoxy groups -OCH3 is 1. The molecular weight excluding hydrogens is 288 g/mol. The van der Waals surface area contributed by atoms with E-state index in [9.17, 15) is 4.79 Å². The molecule has 1 unspecified atom stereocenters. The van der Waals surface area contributed by atoms with E-state index in [1.807, 2.05) is 42.0 Å². The van der Waals surface area contributed by atoms with Crippen LogP contribution in [0.3, 0.4) is 0 Å². The highest BCUT2D eigenvalue weighted by Gasteiger charge is 2.15. The second-order valence-electron chi connectivity index (χ2n) is 4.70. The van der Waals surface area contributed by atoms with Gasteiger partial charge in [0.2, 0.25) is 0 Å². The molecule has 1 heterocycles. The first kappa shape index (κ1) is 15.4. The Balaban J connectivity index is 2.24. The second-order valence-corrected chi connectivity index (χ2v) is 5.65. The van der Waals surface area contributed by atoms with E-state index < -0.39 is 5.97 Å². The van der Waals surface area contributed by atoms with Crippen molar-refractivity contribution < 1.29 is 14.6 Å². The molecule has 0 spiro atoms. The molecule has 21 heavy (non-hydrogen) atoms. The van der Waals surface area contributed by atoms with Crippen LogP contribution < -0.4 is 4.74 Å². The van der Waals surface area contributed by atoms with E-state index in [2.05, 4.69) is 11.9 Å². The maximum Gasteiger partial charge on any atom is 0.313 e. The molecule has 0 amide bonds. The molecule has 1 aromatic carbocycles. The standard InChI is InChI=1S/C15H18N2O3S/c1-10-8-17(15(16-10)21-9-14(18)19)11(2)12-4-6-13(20-3)7-5-12/h4-8,11H,9H2,1-3H3,(H,18,19). The molecule has 1 aromatic heterocycles. The Kier molecular flexibility index (Phi) is 4.90. The number of carboxylic acids is 1. The topological polar surface area (TPSA) is 64.4 Å². The van der Waals surface area contributed by atoms with Crippen molar-refractivity contribution in [2.45, 2.75) is 25.0 Å². The molecule has 112 valence electrons. The predicted molar refractivity (Wildman–Crippen MR) is 82.1 cm³/mol. The first-order chi connectivity index (χ1) is 10.0. The maximum absolute atomic E-state index is 10.7. The summed E-state index contributed by atoms with van der Waals surface area (Å²) in [7, 11) is 1.64. The summed E-state index contributed by atoms with van der Waals surface area (Å²) in [4.78, 5) is 15.1. The van der Waals surface area contributed by atoms with Crippen LogP contribution >= 0.6 is 11.8 Å². The van der Waals surface area contributed by atoms with Crippen molar-refractivity contribution in [3.63, 3.8) is 0 Å². The molecule has 0 saturated heterocycles. The van der Waals surface area contributed by atoms with Gasteiger partial charge in [0.25, 0.3) is 0 Å². The Morgan fingerprint density at radius 3 is 2.67 bits per heavy atom. The molecule has 2 rings (SSSR count). The lowest BCUT2D eigenvalue weighted by Gasteiger charge is -2.16. The number of imidazole rings is 1. The Hall–Kier alpha value is -1.95. The van der Waals surface area contributed by atoms with Gasteiger partial charge in [-0.1, -0.05) is 23.9 Å². The van der Waals surface area contributed by atoms with Crippen LogP contribution in [-0.4, -0.2) is 33.5 Å².